The third kappa shape index (κ3) is 8.65. The van der Waals surface area contributed by atoms with E-state index in [-0.39, 0.29) is 25.2 Å². The van der Waals surface area contributed by atoms with Gasteiger partial charge in [-0.25, -0.2) is 15.0 Å². The summed E-state index contributed by atoms with van der Waals surface area (Å²) in [7, 11) is 0. The topological polar surface area (TPSA) is 125 Å². The van der Waals surface area contributed by atoms with E-state index in [2.05, 4.69) is 32.0 Å². The van der Waals surface area contributed by atoms with Crippen LogP contribution < -0.4 is 15.0 Å². The zero-order chi connectivity index (χ0) is 31.9. The number of ether oxygens (including phenoxy) is 1. The molecule has 11 nitrogen and oxygen atoms in total. The van der Waals surface area contributed by atoms with Crippen LogP contribution in [0.25, 0.3) is 0 Å². The van der Waals surface area contributed by atoms with Gasteiger partial charge in [-0.2, -0.15) is 0 Å². The second-order valence-corrected chi connectivity index (χ2v) is 13.0. The monoisotopic (exact) mass is 643 g/mol. The van der Waals surface area contributed by atoms with E-state index in [0.29, 0.717) is 38.6 Å². The maximum Gasteiger partial charge on any atom is 0.313 e. The molecule has 0 bridgehead atoms. The number of esters is 1. The van der Waals surface area contributed by atoms with Crippen molar-refractivity contribution in [3.63, 3.8) is 0 Å². The minimum atomic E-state index is -0.633. The van der Waals surface area contributed by atoms with E-state index in [1.165, 1.54) is 11.3 Å². The first kappa shape index (κ1) is 33.6. The van der Waals surface area contributed by atoms with Crippen LogP contribution in [0, 0.1) is 19.3 Å². The van der Waals surface area contributed by atoms with Crippen molar-refractivity contribution in [3.8, 4) is 0 Å². The van der Waals surface area contributed by atoms with Gasteiger partial charge in [0, 0.05) is 45.0 Å². The van der Waals surface area contributed by atoms with Gasteiger partial charge in [-0.1, -0.05) is 54.8 Å². The van der Waals surface area contributed by atoms with Crippen LogP contribution in [0.2, 0.25) is 5.02 Å². The third-order valence-electron chi connectivity index (χ3n) is 7.58. The Kier molecular flexibility index (Phi) is 11.5. The number of halogens is 1. The first-order valence-corrected chi connectivity index (χ1v) is 16.1. The number of anilines is 2. The summed E-state index contributed by atoms with van der Waals surface area (Å²) < 4.78 is 7.40. The van der Waals surface area contributed by atoms with Gasteiger partial charge in [0.1, 0.15) is 16.5 Å². The number of thiazole rings is 1. The van der Waals surface area contributed by atoms with Crippen LogP contribution in [0.5, 0.6) is 0 Å². The zero-order valence-corrected chi connectivity index (χ0v) is 27.7. The molecule has 2 aromatic heterocycles. The number of carbonyl (C=O) groups excluding carboxylic acids is 2. The number of nitrogens with one attached hydrogen (secondary N) is 1. The van der Waals surface area contributed by atoms with E-state index in [1.54, 1.807) is 16.8 Å². The number of piperazine rings is 1. The highest BCUT2D eigenvalue weighted by molar-refractivity contribution is 7.11. The minimum Gasteiger partial charge on any atom is -0.443 e. The van der Waals surface area contributed by atoms with Gasteiger partial charge in [-0.15, -0.1) is 0 Å². The fourth-order valence-electron chi connectivity index (χ4n) is 4.87. The van der Waals surface area contributed by atoms with Gasteiger partial charge in [0.15, 0.2) is 17.4 Å². The number of aryl methyl sites for hydroxylation is 2. The van der Waals surface area contributed by atoms with Gasteiger partial charge in [0.05, 0.1) is 22.7 Å². The molecular weight excluding hydrogens is 602 g/mol. The van der Waals surface area contributed by atoms with Gasteiger partial charge in [-0.3, -0.25) is 19.1 Å². The van der Waals surface area contributed by atoms with Crippen LogP contribution in [-0.2, 0) is 16.3 Å². The number of carbonyl (C=O) groups is 2. The number of nitrogens with zero attached hydrogens (tertiary/aromatic N) is 6. The molecule has 0 spiro atoms. The predicted molar refractivity (Wildman–Crippen MR) is 174 cm³/mol. The molecule has 1 aliphatic heterocycles. The van der Waals surface area contributed by atoms with Crippen molar-refractivity contribution >= 4 is 52.1 Å². The molecule has 1 aromatic carbocycles. The van der Waals surface area contributed by atoms with Gasteiger partial charge in [-0.05, 0) is 45.7 Å². The summed E-state index contributed by atoms with van der Waals surface area (Å²) in [5.41, 5.74) is 0.743. The van der Waals surface area contributed by atoms with Crippen LogP contribution in [0.15, 0.2) is 35.5 Å². The minimum absolute atomic E-state index is 0.105. The number of rotatable bonds is 12. The van der Waals surface area contributed by atoms with Crippen molar-refractivity contribution in [2.75, 3.05) is 49.5 Å². The number of amides is 1. The molecule has 1 aliphatic rings. The molecule has 4 rings (SSSR count). The predicted octanol–water partition coefficient (Wildman–Crippen LogP) is 4.93. The number of hydrogen-bond acceptors (Lipinski definition) is 10. The van der Waals surface area contributed by atoms with E-state index in [1.807, 2.05) is 45.9 Å². The molecule has 1 saturated heterocycles. The molecule has 0 aliphatic carbocycles. The first-order chi connectivity index (χ1) is 21.0. The van der Waals surface area contributed by atoms with Crippen LogP contribution in [0.4, 0.5) is 17.3 Å². The number of aliphatic hydroxyl groups excluding tert-OH is 1. The lowest BCUT2D eigenvalue weighted by atomic mass is 9.87. The van der Waals surface area contributed by atoms with E-state index in [4.69, 9.17) is 21.3 Å². The zero-order valence-electron chi connectivity index (χ0n) is 26.1. The Bertz CT molecular complexity index is 1510. The molecular formula is C31H42ClN7O4S. The fraction of sp³-hybridized carbons (Fsp3) is 0.516. The lowest BCUT2D eigenvalue weighted by Crippen LogP contribution is -2.47. The Morgan fingerprint density at radius 3 is 2.61 bits per heavy atom. The molecule has 0 saturated carbocycles. The lowest BCUT2D eigenvalue weighted by Gasteiger charge is -2.35. The number of unbranched alkanes of at least 4 members (excludes halogenated alkanes) is 1. The van der Waals surface area contributed by atoms with Crippen molar-refractivity contribution in [2.45, 2.75) is 60.6 Å². The molecule has 238 valence electrons. The number of aromatic nitrogens is 3. The number of para-hydroxylation sites is 1. The lowest BCUT2D eigenvalue weighted by molar-refractivity contribution is -0.158. The van der Waals surface area contributed by atoms with Gasteiger partial charge < -0.3 is 20.1 Å². The number of hydrogen-bond donors (Lipinski definition) is 2. The highest BCUT2D eigenvalue weighted by Gasteiger charge is 2.29. The Morgan fingerprint density at radius 1 is 1.18 bits per heavy atom. The average Bonchev–Trinajstić information content (AvgIpc) is 3.39. The third-order valence-corrected chi connectivity index (χ3v) is 8.91. The summed E-state index contributed by atoms with van der Waals surface area (Å²) in [5.74, 6) is 1.10. The molecule has 2 N–H and O–H groups in total. The summed E-state index contributed by atoms with van der Waals surface area (Å²) >= 11 is 7.53. The van der Waals surface area contributed by atoms with Crippen LogP contribution in [0.3, 0.4) is 0 Å². The molecule has 1 amide bonds. The molecule has 3 aromatic rings. The first-order valence-electron chi connectivity index (χ1n) is 14.9. The highest BCUT2D eigenvalue weighted by atomic mass is 35.5. The molecule has 3 heterocycles. The molecule has 0 atom stereocenters. The number of benzene rings is 1. The van der Waals surface area contributed by atoms with Crippen molar-refractivity contribution in [3.05, 3.63) is 56.6 Å². The summed E-state index contributed by atoms with van der Waals surface area (Å²) in [6.07, 6.45) is 4.26. The quantitative estimate of drug-likeness (QED) is 0.266. The van der Waals surface area contributed by atoms with Crippen LogP contribution in [-0.4, -0.2) is 75.7 Å². The van der Waals surface area contributed by atoms with Gasteiger partial charge in [0.2, 0.25) is 0 Å². The van der Waals surface area contributed by atoms with Crippen LogP contribution >= 0.6 is 22.9 Å². The SMILES string of the molecule is CCCCC(C)(C)C(=O)OCn1cc(C(=O)Nc2c(C)cccc2Cl)s/c1=N\c1cc(N2CCN(CCO)CC2)nc(C)n1. The second kappa shape index (κ2) is 15.1. The Morgan fingerprint density at radius 2 is 1.93 bits per heavy atom. The normalized spacial score (nSPS) is 14.6. The molecule has 44 heavy (non-hydrogen) atoms. The Balaban J connectivity index is 1.64. The van der Waals surface area contributed by atoms with Crippen LogP contribution in [0.1, 0.15) is 61.1 Å². The fourth-order valence-corrected chi connectivity index (χ4v) is 6.02. The molecule has 0 radical (unpaired) electrons. The smallest absolute Gasteiger partial charge is 0.313 e. The summed E-state index contributed by atoms with van der Waals surface area (Å²) in [4.78, 5) is 45.6. The second-order valence-electron chi connectivity index (χ2n) is 11.6. The van der Waals surface area contributed by atoms with Crippen molar-refractivity contribution < 1.29 is 19.4 Å². The van der Waals surface area contributed by atoms with Crippen molar-refractivity contribution in [1.29, 1.82) is 0 Å². The number of aliphatic hydroxyl groups is 1. The summed E-state index contributed by atoms with van der Waals surface area (Å²) in [5, 5.41) is 12.6. The maximum atomic E-state index is 13.4. The Labute approximate surface area is 267 Å². The number of β-amino-alcohol motifs (C(OH)–C–C–N with tert-alkyl or cyclic N) is 1. The Hall–Kier alpha value is -3.32. The van der Waals surface area contributed by atoms with E-state index in [0.717, 1.165) is 56.8 Å². The maximum absolute atomic E-state index is 13.4. The standard InChI is InChI=1S/C31H42ClN7O4S/c1-6-7-11-31(4,5)29(42)43-20-39-19-24(28(41)36-27-21(2)9-8-10-23(27)32)44-30(39)35-25-18-26(34-22(3)33-25)38-14-12-37(13-15-38)16-17-40/h8-10,18-19,40H,6-7,11-17,20H2,1-5H3,(H,36,41)/b35-30-. The summed E-state index contributed by atoms with van der Waals surface area (Å²) in [6.45, 7) is 13.4. The van der Waals surface area contributed by atoms with Gasteiger partial charge in [0.25, 0.3) is 5.91 Å². The van der Waals surface area contributed by atoms with Crippen molar-refractivity contribution in [1.82, 2.24) is 19.4 Å². The van der Waals surface area contributed by atoms with Crippen molar-refractivity contribution in [2.24, 2.45) is 10.4 Å². The van der Waals surface area contributed by atoms with Gasteiger partial charge >= 0.3 is 5.97 Å². The van der Waals surface area contributed by atoms with E-state index < -0.39 is 5.41 Å². The summed E-state index contributed by atoms with van der Waals surface area (Å²) in [6, 6.07) is 7.25. The molecule has 0 unspecified atom stereocenters. The molecule has 1 fully saturated rings. The van der Waals surface area contributed by atoms with E-state index >= 15 is 0 Å². The van der Waals surface area contributed by atoms with E-state index in [9.17, 15) is 14.7 Å². The largest absolute Gasteiger partial charge is 0.443 e. The highest BCUT2D eigenvalue weighted by Crippen LogP contribution is 2.27. The molecule has 13 heteroatoms. The average molecular weight is 644 g/mol.